The van der Waals surface area contributed by atoms with Crippen LogP contribution in [-0.2, 0) is 0 Å². The van der Waals surface area contributed by atoms with Gasteiger partial charge in [-0.2, -0.15) is 5.10 Å². The number of rotatable bonds is 2. The third-order valence-electron chi connectivity index (χ3n) is 4.41. The molecule has 0 aliphatic heterocycles. The van der Waals surface area contributed by atoms with Crippen LogP contribution in [0, 0.1) is 13.8 Å². The molecular weight excluding hydrogens is 326 g/mol. The van der Waals surface area contributed by atoms with Crippen LogP contribution in [0.3, 0.4) is 0 Å². The third-order valence-corrected chi connectivity index (χ3v) is 4.41. The van der Waals surface area contributed by atoms with E-state index in [1.54, 1.807) is 29.4 Å². The maximum atomic E-state index is 4.67. The number of aryl methyl sites for hydroxylation is 2. The van der Waals surface area contributed by atoms with Crippen molar-refractivity contribution in [1.82, 2.24) is 34.3 Å². The van der Waals surface area contributed by atoms with Gasteiger partial charge in [-0.05, 0) is 37.6 Å². The Kier molecular flexibility index (Phi) is 3.08. The van der Waals surface area contributed by atoms with Crippen LogP contribution >= 0.6 is 0 Å². The summed E-state index contributed by atoms with van der Waals surface area (Å²) in [6, 6.07) is 10.1. The molecule has 5 aromatic rings. The van der Waals surface area contributed by atoms with E-state index >= 15 is 0 Å². The van der Waals surface area contributed by atoms with Gasteiger partial charge >= 0.3 is 0 Å². The molecule has 7 heteroatoms. The summed E-state index contributed by atoms with van der Waals surface area (Å²) in [4.78, 5) is 13.4. The molecule has 0 amide bonds. The average molecular weight is 341 g/mol. The highest BCUT2D eigenvalue weighted by atomic mass is 15.3. The lowest BCUT2D eigenvalue weighted by molar-refractivity contribution is 0.876. The Morgan fingerprint density at radius 3 is 2.73 bits per heavy atom. The quantitative estimate of drug-likeness (QED) is 0.493. The summed E-state index contributed by atoms with van der Waals surface area (Å²) >= 11 is 0. The minimum Gasteiger partial charge on any atom is -0.264 e. The highest BCUT2D eigenvalue weighted by Crippen LogP contribution is 2.24. The van der Waals surface area contributed by atoms with Crippen LogP contribution in [0.5, 0.6) is 0 Å². The van der Waals surface area contributed by atoms with Crippen molar-refractivity contribution in [2.24, 2.45) is 0 Å². The van der Waals surface area contributed by atoms with Crippen molar-refractivity contribution in [3.05, 3.63) is 66.4 Å². The minimum atomic E-state index is 0.617. The zero-order valence-electron chi connectivity index (χ0n) is 14.3. The molecule has 0 aliphatic carbocycles. The normalized spacial score (nSPS) is 11.5. The second kappa shape index (κ2) is 5.45. The van der Waals surface area contributed by atoms with E-state index in [0.717, 1.165) is 33.5 Å². The molecule has 1 aromatic carbocycles. The Morgan fingerprint density at radius 1 is 1.00 bits per heavy atom. The van der Waals surface area contributed by atoms with E-state index in [1.807, 2.05) is 16.8 Å². The molecule has 0 N–H and O–H groups in total. The van der Waals surface area contributed by atoms with Crippen LogP contribution in [0.1, 0.15) is 11.1 Å². The van der Waals surface area contributed by atoms with Gasteiger partial charge in [-0.3, -0.25) is 4.98 Å². The average Bonchev–Trinajstić information content (AvgIpc) is 3.26. The molecule has 0 fully saturated rings. The summed E-state index contributed by atoms with van der Waals surface area (Å²) in [5, 5.41) is 9.92. The summed E-state index contributed by atoms with van der Waals surface area (Å²) in [5.41, 5.74) is 5.73. The number of hydrogen-bond acceptors (Lipinski definition) is 5. The number of fused-ring (bicyclic) bond motifs is 3. The van der Waals surface area contributed by atoms with Gasteiger partial charge in [-0.1, -0.05) is 17.7 Å². The molecule has 126 valence electrons. The second-order valence-corrected chi connectivity index (χ2v) is 6.27. The number of pyridine rings is 1. The summed E-state index contributed by atoms with van der Waals surface area (Å²) < 4.78 is 3.53. The van der Waals surface area contributed by atoms with Gasteiger partial charge in [0, 0.05) is 18.0 Å². The largest absolute Gasteiger partial charge is 0.264 e. The Bertz CT molecular complexity index is 1250. The molecule has 4 aromatic heterocycles. The molecule has 7 nitrogen and oxygen atoms in total. The first-order valence-corrected chi connectivity index (χ1v) is 8.28. The zero-order valence-corrected chi connectivity index (χ0v) is 14.3. The maximum absolute atomic E-state index is 4.67. The van der Waals surface area contributed by atoms with Gasteiger partial charge in [0.2, 0.25) is 0 Å². The van der Waals surface area contributed by atoms with E-state index in [9.17, 15) is 0 Å². The molecule has 0 atom stereocenters. The highest BCUT2D eigenvalue weighted by Gasteiger charge is 2.15. The van der Waals surface area contributed by atoms with Crippen molar-refractivity contribution < 1.29 is 0 Å². The summed E-state index contributed by atoms with van der Waals surface area (Å²) in [7, 11) is 0. The lowest BCUT2D eigenvalue weighted by Crippen LogP contribution is -2.01. The first-order valence-electron chi connectivity index (χ1n) is 8.28. The molecular formula is C19H15N7. The van der Waals surface area contributed by atoms with Crippen molar-refractivity contribution in [3.63, 3.8) is 0 Å². The zero-order chi connectivity index (χ0) is 17.7. The monoisotopic (exact) mass is 341 g/mol. The van der Waals surface area contributed by atoms with E-state index in [4.69, 9.17) is 0 Å². The fourth-order valence-electron chi connectivity index (χ4n) is 3.16. The van der Waals surface area contributed by atoms with Gasteiger partial charge in [-0.25, -0.2) is 19.2 Å². The van der Waals surface area contributed by atoms with E-state index in [1.165, 1.54) is 5.56 Å². The first kappa shape index (κ1) is 14.7. The standard InChI is InChI=1S/C19H15N7/c1-12-5-6-16(13(2)8-12)26-18-15(10-22-26)19-23-17(24-25(19)11-21-18)14-4-3-7-20-9-14/h3-11H,1-2H3. The van der Waals surface area contributed by atoms with Crippen molar-refractivity contribution in [3.8, 4) is 17.1 Å². The minimum absolute atomic E-state index is 0.617. The van der Waals surface area contributed by atoms with E-state index in [0.29, 0.717) is 5.82 Å². The summed E-state index contributed by atoms with van der Waals surface area (Å²) in [5.74, 6) is 0.617. The van der Waals surface area contributed by atoms with Gasteiger partial charge in [0.25, 0.3) is 0 Å². The molecule has 0 radical (unpaired) electrons. The topological polar surface area (TPSA) is 73.8 Å². The van der Waals surface area contributed by atoms with E-state index < -0.39 is 0 Å². The fraction of sp³-hybridized carbons (Fsp3) is 0.105. The maximum Gasteiger partial charge on any atom is 0.183 e. The molecule has 0 spiro atoms. The highest BCUT2D eigenvalue weighted by molar-refractivity contribution is 5.90. The van der Waals surface area contributed by atoms with E-state index in [-0.39, 0.29) is 0 Å². The Hall–Kier alpha value is -3.61. The van der Waals surface area contributed by atoms with Gasteiger partial charge in [-0.15, -0.1) is 5.10 Å². The van der Waals surface area contributed by atoms with Crippen LogP contribution in [-0.4, -0.2) is 34.3 Å². The predicted octanol–water partition coefficient (Wildman–Crippen LogP) is 3.14. The number of nitrogens with zero attached hydrogens (tertiary/aromatic N) is 7. The van der Waals surface area contributed by atoms with Crippen LogP contribution in [0.2, 0.25) is 0 Å². The van der Waals surface area contributed by atoms with Gasteiger partial charge in [0.1, 0.15) is 6.33 Å². The van der Waals surface area contributed by atoms with Crippen LogP contribution < -0.4 is 0 Å². The van der Waals surface area contributed by atoms with Gasteiger partial charge in [0.15, 0.2) is 17.1 Å². The van der Waals surface area contributed by atoms with Crippen molar-refractivity contribution in [1.29, 1.82) is 0 Å². The number of benzene rings is 1. The molecule has 4 heterocycles. The van der Waals surface area contributed by atoms with Crippen molar-refractivity contribution in [2.45, 2.75) is 13.8 Å². The molecule has 5 rings (SSSR count). The number of aromatic nitrogens is 7. The molecule has 0 saturated carbocycles. The SMILES string of the molecule is Cc1ccc(-n2ncc3c2ncn2nc(-c4cccnc4)nc32)c(C)c1. The lowest BCUT2D eigenvalue weighted by atomic mass is 10.1. The number of hydrogen-bond donors (Lipinski definition) is 0. The molecule has 26 heavy (non-hydrogen) atoms. The molecule has 0 aliphatic rings. The Labute approximate surface area is 149 Å². The van der Waals surface area contributed by atoms with Crippen molar-refractivity contribution in [2.75, 3.05) is 0 Å². The van der Waals surface area contributed by atoms with Gasteiger partial charge in [0.05, 0.1) is 17.3 Å². The smallest absolute Gasteiger partial charge is 0.183 e. The predicted molar refractivity (Wildman–Crippen MR) is 98.1 cm³/mol. The summed E-state index contributed by atoms with van der Waals surface area (Å²) in [6.07, 6.45) is 6.94. The third kappa shape index (κ3) is 2.17. The van der Waals surface area contributed by atoms with Crippen LogP contribution in [0.25, 0.3) is 33.8 Å². The molecule has 0 saturated heterocycles. The Morgan fingerprint density at radius 2 is 1.92 bits per heavy atom. The molecule has 0 bridgehead atoms. The second-order valence-electron chi connectivity index (χ2n) is 6.27. The lowest BCUT2D eigenvalue weighted by Gasteiger charge is -2.07. The Balaban J connectivity index is 1.72. The van der Waals surface area contributed by atoms with Crippen LogP contribution in [0.15, 0.2) is 55.2 Å². The van der Waals surface area contributed by atoms with Gasteiger partial charge < -0.3 is 0 Å². The molecule has 0 unspecified atom stereocenters. The fourth-order valence-corrected chi connectivity index (χ4v) is 3.16. The first-order chi connectivity index (χ1) is 12.7. The van der Waals surface area contributed by atoms with E-state index in [2.05, 4.69) is 57.2 Å². The van der Waals surface area contributed by atoms with Crippen molar-refractivity contribution >= 4 is 16.7 Å². The summed E-state index contributed by atoms with van der Waals surface area (Å²) in [6.45, 7) is 4.15. The van der Waals surface area contributed by atoms with Crippen LogP contribution in [0.4, 0.5) is 0 Å².